The van der Waals surface area contributed by atoms with E-state index in [2.05, 4.69) is 11.4 Å². The number of carbonyl (C=O) groups is 1. The first-order valence-corrected chi connectivity index (χ1v) is 10.7. The highest BCUT2D eigenvalue weighted by molar-refractivity contribution is 7.80. The van der Waals surface area contributed by atoms with Gasteiger partial charge < -0.3 is 14.8 Å². The molecule has 1 N–H and O–H groups in total. The van der Waals surface area contributed by atoms with Crippen LogP contribution in [0.3, 0.4) is 0 Å². The van der Waals surface area contributed by atoms with Gasteiger partial charge in [0.2, 0.25) is 0 Å². The predicted molar refractivity (Wildman–Crippen MR) is 124 cm³/mol. The van der Waals surface area contributed by atoms with Crippen molar-refractivity contribution in [1.82, 2.24) is 10.2 Å². The van der Waals surface area contributed by atoms with Gasteiger partial charge in [0, 0.05) is 12.1 Å². The van der Waals surface area contributed by atoms with E-state index in [0.717, 1.165) is 12.0 Å². The molecule has 0 spiro atoms. The average molecular weight is 456 g/mol. The molecule has 0 unspecified atom stereocenters. The van der Waals surface area contributed by atoms with E-state index in [1.54, 1.807) is 30.3 Å². The van der Waals surface area contributed by atoms with Crippen LogP contribution in [0.25, 0.3) is 6.08 Å². The molecule has 0 radical (unpaired) electrons. The van der Waals surface area contributed by atoms with Crippen molar-refractivity contribution >= 4 is 40.9 Å². The molecular formula is C23H22ClN3O3S. The van der Waals surface area contributed by atoms with Gasteiger partial charge in [-0.3, -0.25) is 9.69 Å². The Hall–Kier alpha value is -3.08. The fraction of sp³-hybridized carbons (Fsp3) is 0.261. The molecule has 0 bridgehead atoms. The van der Waals surface area contributed by atoms with Crippen molar-refractivity contribution < 1.29 is 14.3 Å². The van der Waals surface area contributed by atoms with Gasteiger partial charge in [-0.25, -0.2) is 0 Å². The number of ether oxygens (including phenoxy) is 2. The lowest BCUT2D eigenvalue weighted by atomic mass is 10.1. The Labute approximate surface area is 192 Å². The minimum Gasteiger partial charge on any atom is -0.490 e. The fourth-order valence-corrected chi connectivity index (χ4v) is 3.70. The highest BCUT2D eigenvalue weighted by Crippen LogP contribution is 2.38. The zero-order valence-electron chi connectivity index (χ0n) is 17.3. The lowest BCUT2D eigenvalue weighted by Crippen LogP contribution is -2.31. The molecule has 0 aliphatic carbocycles. The van der Waals surface area contributed by atoms with Gasteiger partial charge in [-0.2, -0.15) is 5.26 Å². The van der Waals surface area contributed by atoms with Crippen LogP contribution in [0.4, 0.5) is 0 Å². The van der Waals surface area contributed by atoms with E-state index < -0.39 is 0 Å². The van der Waals surface area contributed by atoms with Crippen LogP contribution in [0.5, 0.6) is 11.5 Å². The van der Waals surface area contributed by atoms with Gasteiger partial charge in [0.25, 0.3) is 5.91 Å². The summed E-state index contributed by atoms with van der Waals surface area (Å²) in [6.07, 6.45) is 2.50. The largest absolute Gasteiger partial charge is 0.490 e. The maximum atomic E-state index is 12.6. The predicted octanol–water partition coefficient (Wildman–Crippen LogP) is 4.66. The third-order valence-electron chi connectivity index (χ3n) is 4.56. The van der Waals surface area contributed by atoms with Crippen LogP contribution >= 0.6 is 23.8 Å². The first kappa shape index (κ1) is 22.6. The van der Waals surface area contributed by atoms with Gasteiger partial charge in [-0.15, -0.1) is 0 Å². The maximum absolute atomic E-state index is 12.6. The Bertz CT molecular complexity index is 1080. The van der Waals surface area contributed by atoms with Crippen LogP contribution in [-0.4, -0.2) is 29.1 Å². The second kappa shape index (κ2) is 10.3. The Morgan fingerprint density at radius 3 is 2.74 bits per heavy atom. The fourth-order valence-electron chi connectivity index (χ4n) is 3.14. The molecule has 1 amide bonds. The van der Waals surface area contributed by atoms with Crippen LogP contribution in [0.15, 0.2) is 42.1 Å². The van der Waals surface area contributed by atoms with E-state index in [4.69, 9.17) is 33.3 Å². The number of thiocarbonyl (C=S) groups is 1. The summed E-state index contributed by atoms with van der Waals surface area (Å²) >= 11 is 11.7. The number of halogens is 1. The Morgan fingerprint density at radius 2 is 2.03 bits per heavy atom. The highest BCUT2D eigenvalue weighted by atomic mass is 35.5. The number of rotatable bonds is 8. The average Bonchev–Trinajstić information content (AvgIpc) is 3.01. The van der Waals surface area contributed by atoms with Gasteiger partial charge >= 0.3 is 0 Å². The zero-order chi connectivity index (χ0) is 22.4. The topological polar surface area (TPSA) is 74.6 Å². The molecule has 1 aliphatic heterocycles. The van der Waals surface area contributed by atoms with Crippen molar-refractivity contribution in [2.75, 3.05) is 13.2 Å². The molecule has 1 fully saturated rings. The molecule has 3 rings (SSSR count). The van der Waals surface area contributed by atoms with Gasteiger partial charge in [0.15, 0.2) is 16.6 Å². The van der Waals surface area contributed by atoms with Crippen molar-refractivity contribution in [3.05, 3.63) is 63.8 Å². The molecule has 31 heavy (non-hydrogen) atoms. The third kappa shape index (κ3) is 5.16. The van der Waals surface area contributed by atoms with Crippen LogP contribution in [0.2, 0.25) is 5.02 Å². The van der Waals surface area contributed by atoms with Gasteiger partial charge in [-0.1, -0.05) is 36.7 Å². The number of nitriles is 1. The Morgan fingerprint density at radius 1 is 1.26 bits per heavy atom. The number of benzene rings is 2. The lowest BCUT2D eigenvalue weighted by Gasteiger charge is -2.15. The van der Waals surface area contributed by atoms with Gasteiger partial charge in [0.05, 0.1) is 23.3 Å². The van der Waals surface area contributed by atoms with Gasteiger partial charge in [-0.05, 0) is 55.4 Å². The summed E-state index contributed by atoms with van der Waals surface area (Å²) in [6.45, 7) is 4.98. The molecule has 0 aromatic heterocycles. The van der Waals surface area contributed by atoms with E-state index in [-0.39, 0.29) is 12.5 Å². The lowest BCUT2D eigenvalue weighted by molar-refractivity contribution is -0.122. The summed E-state index contributed by atoms with van der Waals surface area (Å²) in [6, 6.07) is 12.8. The summed E-state index contributed by atoms with van der Waals surface area (Å²) in [4.78, 5) is 14.1. The zero-order valence-corrected chi connectivity index (χ0v) is 18.8. The molecular weight excluding hydrogens is 434 g/mol. The molecule has 8 heteroatoms. The molecule has 160 valence electrons. The second-order valence-electron chi connectivity index (χ2n) is 6.77. The molecule has 2 aromatic rings. The van der Waals surface area contributed by atoms with Crippen molar-refractivity contribution in [2.24, 2.45) is 0 Å². The van der Waals surface area contributed by atoms with Crippen molar-refractivity contribution in [2.45, 2.75) is 26.9 Å². The van der Waals surface area contributed by atoms with E-state index in [1.165, 1.54) is 4.90 Å². The number of carbonyl (C=O) groups excluding carboxylic acids is 1. The number of hydrogen-bond donors (Lipinski definition) is 1. The maximum Gasteiger partial charge on any atom is 0.276 e. The second-order valence-corrected chi connectivity index (χ2v) is 7.56. The van der Waals surface area contributed by atoms with Crippen LogP contribution in [-0.2, 0) is 11.4 Å². The molecule has 0 atom stereocenters. The monoisotopic (exact) mass is 455 g/mol. The van der Waals surface area contributed by atoms with Crippen LogP contribution in [0.1, 0.15) is 37.0 Å². The first-order chi connectivity index (χ1) is 15.0. The van der Waals surface area contributed by atoms with Crippen molar-refractivity contribution in [3.63, 3.8) is 0 Å². The van der Waals surface area contributed by atoms with Gasteiger partial charge in [0.1, 0.15) is 12.3 Å². The smallest absolute Gasteiger partial charge is 0.276 e. The molecule has 6 nitrogen and oxygen atoms in total. The highest BCUT2D eigenvalue weighted by Gasteiger charge is 2.29. The summed E-state index contributed by atoms with van der Waals surface area (Å²) in [5.41, 5.74) is 2.35. The third-order valence-corrected chi connectivity index (χ3v) is 5.17. The minimum absolute atomic E-state index is 0.171. The van der Waals surface area contributed by atoms with Crippen molar-refractivity contribution in [3.8, 4) is 17.6 Å². The normalized spacial score (nSPS) is 14.5. The summed E-state index contributed by atoms with van der Waals surface area (Å²) < 4.78 is 11.7. The molecule has 1 saturated heterocycles. The SMILES string of the molecule is CCCN1C(=O)C(=Cc2cc(Cl)c(OCc3ccccc3C#N)c(OCC)c2)NC1=S. The first-order valence-electron chi connectivity index (χ1n) is 9.90. The summed E-state index contributed by atoms with van der Waals surface area (Å²) in [5.74, 6) is 0.663. The van der Waals surface area contributed by atoms with E-state index >= 15 is 0 Å². The Kier molecular flexibility index (Phi) is 7.50. The number of nitrogens with zero attached hydrogens (tertiary/aromatic N) is 2. The molecule has 0 saturated carbocycles. The minimum atomic E-state index is -0.172. The van der Waals surface area contributed by atoms with E-state index in [9.17, 15) is 10.1 Å². The summed E-state index contributed by atoms with van der Waals surface area (Å²) in [5, 5.41) is 13.0. The number of amides is 1. The van der Waals surface area contributed by atoms with Crippen LogP contribution < -0.4 is 14.8 Å². The molecule has 1 aliphatic rings. The molecule has 1 heterocycles. The standard InChI is InChI=1S/C23H22ClN3O3S/c1-3-9-27-22(28)19(26-23(27)31)11-15-10-18(24)21(20(12-15)29-4-2)30-14-17-8-6-5-7-16(17)13-25/h5-8,10-12H,3-4,9,14H2,1-2H3,(H,26,31). The van der Waals surface area contributed by atoms with E-state index in [0.29, 0.717) is 51.6 Å². The van der Waals surface area contributed by atoms with Crippen LogP contribution in [0, 0.1) is 11.3 Å². The number of nitrogens with one attached hydrogen (secondary N) is 1. The quantitative estimate of drug-likeness (QED) is 0.461. The molecule has 2 aromatic carbocycles. The Balaban J connectivity index is 1.88. The number of hydrogen-bond acceptors (Lipinski definition) is 5. The van der Waals surface area contributed by atoms with Crippen molar-refractivity contribution in [1.29, 1.82) is 5.26 Å². The van der Waals surface area contributed by atoms with E-state index in [1.807, 2.05) is 26.0 Å². The summed E-state index contributed by atoms with van der Waals surface area (Å²) in [7, 11) is 0.